The van der Waals surface area contributed by atoms with Gasteiger partial charge in [-0.15, -0.1) is 10.2 Å². The van der Waals surface area contributed by atoms with E-state index in [1.54, 1.807) is 30.6 Å². The first-order valence-electron chi connectivity index (χ1n) is 8.42. The highest BCUT2D eigenvalue weighted by atomic mass is 32.2. The average molecular weight is 397 g/mol. The van der Waals surface area contributed by atoms with Gasteiger partial charge in [0.15, 0.2) is 11.8 Å². The summed E-state index contributed by atoms with van der Waals surface area (Å²) in [6, 6.07) is 14.6. The Labute approximate surface area is 166 Å². The SMILES string of the molecule is Cc1ccc(-n2cnnc2SCC(=O)Nc2ccc(OCC(N)=O)cc2)cc1. The molecule has 1 heterocycles. The summed E-state index contributed by atoms with van der Waals surface area (Å²) in [6.45, 7) is 1.83. The molecule has 2 aromatic carbocycles. The number of anilines is 1. The Morgan fingerprint density at radius 2 is 1.86 bits per heavy atom. The maximum Gasteiger partial charge on any atom is 0.255 e. The number of ether oxygens (including phenoxy) is 1. The number of hydrogen-bond acceptors (Lipinski definition) is 6. The fourth-order valence-electron chi connectivity index (χ4n) is 2.32. The van der Waals surface area contributed by atoms with Gasteiger partial charge in [0.2, 0.25) is 5.91 Å². The summed E-state index contributed by atoms with van der Waals surface area (Å²) in [5, 5.41) is 11.5. The van der Waals surface area contributed by atoms with Gasteiger partial charge >= 0.3 is 0 Å². The van der Waals surface area contributed by atoms with E-state index in [1.807, 2.05) is 35.8 Å². The molecule has 144 valence electrons. The summed E-state index contributed by atoms with van der Waals surface area (Å²) >= 11 is 1.30. The minimum absolute atomic E-state index is 0.172. The second-order valence-electron chi connectivity index (χ2n) is 5.94. The number of aromatic nitrogens is 3. The number of thioether (sulfide) groups is 1. The summed E-state index contributed by atoms with van der Waals surface area (Å²) in [7, 11) is 0. The molecule has 0 fully saturated rings. The number of aryl methyl sites for hydroxylation is 1. The number of carbonyl (C=O) groups excluding carboxylic acids is 2. The lowest BCUT2D eigenvalue weighted by Crippen LogP contribution is -2.20. The van der Waals surface area contributed by atoms with Gasteiger partial charge in [0.1, 0.15) is 12.1 Å². The van der Waals surface area contributed by atoms with E-state index in [-0.39, 0.29) is 18.3 Å². The lowest BCUT2D eigenvalue weighted by atomic mass is 10.2. The first-order chi connectivity index (χ1) is 13.5. The summed E-state index contributed by atoms with van der Waals surface area (Å²) < 4.78 is 7.01. The van der Waals surface area contributed by atoms with Crippen molar-refractivity contribution in [2.24, 2.45) is 5.73 Å². The number of amides is 2. The molecule has 0 spiro atoms. The monoisotopic (exact) mass is 397 g/mol. The number of carbonyl (C=O) groups is 2. The van der Waals surface area contributed by atoms with Crippen LogP contribution in [-0.4, -0.2) is 38.9 Å². The molecule has 28 heavy (non-hydrogen) atoms. The third kappa shape index (κ3) is 5.34. The summed E-state index contributed by atoms with van der Waals surface area (Å²) in [5.74, 6) is -0.0377. The van der Waals surface area contributed by atoms with Crippen molar-refractivity contribution in [1.29, 1.82) is 0 Å². The van der Waals surface area contributed by atoms with Gasteiger partial charge in [-0.2, -0.15) is 0 Å². The zero-order valence-corrected chi connectivity index (χ0v) is 16.0. The number of nitrogens with two attached hydrogens (primary N) is 1. The molecule has 1 aromatic heterocycles. The van der Waals surface area contributed by atoms with Crippen molar-refractivity contribution < 1.29 is 14.3 Å². The molecule has 0 saturated carbocycles. The van der Waals surface area contributed by atoms with Gasteiger partial charge < -0.3 is 15.8 Å². The highest BCUT2D eigenvalue weighted by molar-refractivity contribution is 7.99. The van der Waals surface area contributed by atoms with Crippen LogP contribution in [0.15, 0.2) is 60.0 Å². The van der Waals surface area contributed by atoms with Crippen LogP contribution in [0.25, 0.3) is 5.69 Å². The maximum absolute atomic E-state index is 12.2. The Bertz CT molecular complexity index is 954. The summed E-state index contributed by atoms with van der Waals surface area (Å²) in [5.41, 5.74) is 7.75. The van der Waals surface area contributed by atoms with Crippen LogP contribution >= 0.6 is 11.8 Å². The molecule has 0 bridgehead atoms. The van der Waals surface area contributed by atoms with Gasteiger partial charge in [0.05, 0.1) is 5.75 Å². The highest BCUT2D eigenvalue weighted by Crippen LogP contribution is 2.21. The lowest BCUT2D eigenvalue weighted by Gasteiger charge is -2.08. The number of hydrogen-bond donors (Lipinski definition) is 2. The second kappa shape index (κ2) is 9.05. The van der Waals surface area contributed by atoms with Gasteiger partial charge in [0, 0.05) is 11.4 Å². The van der Waals surface area contributed by atoms with Crippen LogP contribution in [-0.2, 0) is 9.59 Å². The third-order valence-electron chi connectivity index (χ3n) is 3.68. The topological polar surface area (TPSA) is 112 Å². The minimum atomic E-state index is -0.548. The van der Waals surface area contributed by atoms with Gasteiger partial charge in [-0.05, 0) is 43.3 Å². The van der Waals surface area contributed by atoms with Gasteiger partial charge in [-0.3, -0.25) is 14.2 Å². The molecule has 0 aliphatic carbocycles. The number of nitrogens with zero attached hydrogens (tertiary/aromatic N) is 3. The maximum atomic E-state index is 12.2. The van der Waals surface area contributed by atoms with Crippen molar-refractivity contribution in [2.75, 3.05) is 17.7 Å². The Morgan fingerprint density at radius 3 is 2.54 bits per heavy atom. The fraction of sp³-hybridized carbons (Fsp3) is 0.158. The first-order valence-corrected chi connectivity index (χ1v) is 9.41. The van der Waals surface area contributed by atoms with E-state index in [2.05, 4.69) is 15.5 Å². The molecule has 0 aliphatic heterocycles. The van der Waals surface area contributed by atoms with Crippen molar-refractivity contribution in [2.45, 2.75) is 12.1 Å². The number of rotatable bonds is 8. The van der Waals surface area contributed by atoms with Crippen LogP contribution in [0.5, 0.6) is 5.75 Å². The van der Waals surface area contributed by atoms with Crippen molar-refractivity contribution in [3.05, 3.63) is 60.4 Å². The van der Waals surface area contributed by atoms with E-state index in [1.165, 1.54) is 11.8 Å². The average Bonchev–Trinajstić information content (AvgIpc) is 3.15. The van der Waals surface area contributed by atoms with Crippen molar-refractivity contribution in [1.82, 2.24) is 14.8 Å². The first kappa shape index (κ1) is 19.4. The molecule has 3 rings (SSSR count). The van der Waals surface area contributed by atoms with Crippen molar-refractivity contribution in [3.63, 3.8) is 0 Å². The number of primary amides is 1. The van der Waals surface area contributed by atoms with Gasteiger partial charge in [-0.1, -0.05) is 29.5 Å². The summed E-state index contributed by atoms with van der Waals surface area (Å²) in [6.07, 6.45) is 1.62. The van der Waals surface area contributed by atoms with Crippen LogP contribution in [0.2, 0.25) is 0 Å². The molecule has 8 nitrogen and oxygen atoms in total. The smallest absolute Gasteiger partial charge is 0.255 e. The Balaban J connectivity index is 1.54. The predicted molar refractivity (Wildman–Crippen MR) is 107 cm³/mol. The van der Waals surface area contributed by atoms with Crippen LogP contribution in [0.1, 0.15) is 5.56 Å². The molecule has 3 aromatic rings. The van der Waals surface area contributed by atoms with Crippen LogP contribution in [0.3, 0.4) is 0 Å². The molecular weight excluding hydrogens is 378 g/mol. The number of nitrogens with one attached hydrogen (secondary N) is 1. The molecular formula is C19H19N5O3S. The Kier molecular flexibility index (Phi) is 6.28. The lowest BCUT2D eigenvalue weighted by molar-refractivity contribution is -0.120. The van der Waals surface area contributed by atoms with E-state index in [0.717, 1.165) is 11.3 Å². The Hall–Kier alpha value is -3.33. The minimum Gasteiger partial charge on any atom is -0.484 e. The molecule has 3 N–H and O–H groups in total. The molecule has 0 unspecified atom stereocenters. The van der Waals surface area contributed by atoms with E-state index in [9.17, 15) is 9.59 Å². The largest absolute Gasteiger partial charge is 0.484 e. The van der Waals surface area contributed by atoms with Crippen molar-refractivity contribution in [3.8, 4) is 11.4 Å². The van der Waals surface area contributed by atoms with Crippen LogP contribution < -0.4 is 15.8 Å². The zero-order valence-electron chi connectivity index (χ0n) is 15.2. The van der Waals surface area contributed by atoms with Crippen LogP contribution in [0.4, 0.5) is 5.69 Å². The van der Waals surface area contributed by atoms with Gasteiger partial charge in [0.25, 0.3) is 5.91 Å². The quantitative estimate of drug-likeness (QED) is 0.564. The summed E-state index contributed by atoms with van der Waals surface area (Å²) in [4.78, 5) is 22.9. The third-order valence-corrected chi connectivity index (χ3v) is 4.62. The molecule has 0 aliphatic rings. The fourth-order valence-corrected chi connectivity index (χ4v) is 3.05. The molecule has 2 amide bonds. The number of benzene rings is 2. The van der Waals surface area contributed by atoms with E-state index in [4.69, 9.17) is 10.5 Å². The van der Waals surface area contributed by atoms with E-state index < -0.39 is 5.91 Å². The van der Waals surface area contributed by atoms with E-state index in [0.29, 0.717) is 16.6 Å². The Morgan fingerprint density at radius 1 is 1.14 bits per heavy atom. The van der Waals surface area contributed by atoms with Crippen LogP contribution in [0, 0.1) is 6.92 Å². The molecule has 0 saturated heterocycles. The van der Waals surface area contributed by atoms with Gasteiger partial charge in [-0.25, -0.2) is 0 Å². The zero-order chi connectivity index (χ0) is 19.9. The normalized spacial score (nSPS) is 10.5. The molecule has 0 radical (unpaired) electrons. The van der Waals surface area contributed by atoms with Crippen molar-refractivity contribution >= 4 is 29.3 Å². The standard InChI is InChI=1S/C19H19N5O3S/c1-13-2-6-15(7-3-13)24-12-21-23-19(24)28-11-18(26)22-14-4-8-16(9-5-14)27-10-17(20)25/h2-9,12H,10-11H2,1H3,(H2,20,25)(H,22,26). The second-order valence-corrected chi connectivity index (χ2v) is 6.88. The highest BCUT2D eigenvalue weighted by Gasteiger charge is 2.10. The molecule has 9 heteroatoms. The predicted octanol–water partition coefficient (Wildman–Crippen LogP) is 2.17. The van der Waals surface area contributed by atoms with E-state index >= 15 is 0 Å². The molecule has 0 atom stereocenters.